The maximum absolute atomic E-state index is 11.1. The Morgan fingerprint density at radius 3 is 2.95 bits per heavy atom. The number of carbonyl (C=O) groups is 1. The number of nitrogens with zero attached hydrogens (tertiary/aromatic N) is 1. The smallest absolute Gasteiger partial charge is 0.337 e. The van der Waals surface area contributed by atoms with Crippen molar-refractivity contribution in [3.63, 3.8) is 0 Å². The van der Waals surface area contributed by atoms with Crippen molar-refractivity contribution in [3.05, 3.63) is 39.8 Å². The van der Waals surface area contributed by atoms with Gasteiger partial charge in [0.25, 0.3) is 0 Å². The molecule has 100 valence electrons. The maximum atomic E-state index is 11.1. The lowest BCUT2D eigenvalue weighted by Gasteiger charge is -2.09. The summed E-state index contributed by atoms with van der Waals surface area (Å²) in [6.45, 7) is 2.57. The van der Waals surface area contributed by atoms with E-state index in [-0.39, 0.29) is 5.56 Å². The van der Waals surface area contributed by atoms with E-state index in [2.05, 4.69) is 17.2 Å². The molecule has 4 N–H and O–H groups in total. The number of carboxylic acids is 1. The van der Waals surface area contributed by atoms with Crippen molar-refractivity contribution in [3.8, 4) is 0 Å². The average Bonchev–Trinajstić information content (AvgIpc) is 2.84. The monoisotopic (exact) mass is 277 g/mol. The number of nitrogens with two attached hydrogens (primary N) is 1. The second-order valence-corrected chi connectivity index (χ2v) is 5.24. The molecule has 0 aliphatic rings. The third kappa shape index (κ3) is 3.23. The molecule has 2 rings (SSSR count). The summed E-state index contributed by atoms with van der Waals surface area (Å²) in [5.41, 5.74) is 6.93. The van der Waals surface area contributed by atoms with Gasteiger partial charge in [0.15, 0.2) is 0 Å². The van der Waals surface area contributed by atoms with Gasteiger partial charge in [-0.25, -0.2) is 9.78 Å². The molecule has 0 radical (unpaired) electrons. The first-order valence-corrected chi connectivity index (χ1v) is 6.72. The summed E-state index contributed by atoms with van der Waals surface area (Å²) in [4.78, 5) is 16.6. The van der Waals surface area contributed by atoms with Crippen molar-refractivity contribution in [2.24, 2.45) is 0 Å². The Bertz CT molecular complexity index is 595. The fourth-order valence-corrected chi connectivity index (χ4v) is 2.46. The summed E-state index contributed by atoms with van der Waals surface area (Å²) in [5.74, 6) is -0.976. The number of thiazole rings is 1. The van der Waals surface area contributed by atoms with Gasteiger partial charge in [-0.3, -0.25) is 0 Å². The highest BCUT2D eigenvalue weighted by Gasteiger charge is 2.10. The summed E-state index contributed by atoms with van der Waals surface area (Å²) < 4.78 is 0. The number of anilines is 2. The normalized spacial score (nSPS) is 10.4. The number of nitrogen functional groups attached to an aromatic ring is 1. The van der Waals surface area contributed by atoms with E-state index in [0.29, 0.717) is 17.9 Å². The Morgan fingerprint density at radius 1 is 1.53 bits per heavy atom. The van der Waals surface area contributed by atoms with Gasteiger partial charge in [0.05, 0.1) is 17.8 Å². The summed E-state index contributed by atoms with van der Waals surface area (Å²) in [5, 5.41) is 13.1. The van der Waals surface area contributed by atoms with Gasteiger partial charge in [-0.1, -0.05) is 6.92 Å². The van der Waals surface area contributed by atoms with Crippen molar-refractivity contribution >= 4 is 28.7 Å². The van der Waals surface area contributed by atoms with Crippen LogP contribution in [-0.4, -0.2) is 16.1 Å². The standard InChI is InChI=1S/C13H15N3O2S/c1-2-9-6-16-12(19-9)7-15-11-5-8(14)3-4-10(11)13(17)18/h3-6,15H,2,7,14H2,1H3,(H,17,18). The number of aromatic nitrogens is 1. The molecule has 0 saturated carbocycles. The Morgan fingerprint density at radius 2 is 2.32 bits per heavy atom. The molecule has 0 saturated heterocycles. The summed E-state index contributed by atoms with van der Waals surface area (Å²) in [6.07, 6.45) is 2.80. The molecule has 1 aromatic carbocycles. The number of aromatic carboxylic acids is 1. The molecular weight excluding hydrogens is 262 g/mol. The molecule has 6 heteroatoms. The fraction of sp³-hybridized carbons (Fsp3) is 0.231. The molecule has 19 heavy (non-hydrogen) atoms. The van der Waals surface area contributed by atoms with Crippen LogP contribution in [-0.2, 0) is 13.0 Å². The molecule has 0 aliphatic carbocycles. The van der Waals surface area contributed by atoms with Crippen LogP contribution in [0, 0.1) is 0 Å². The van der Waals surface area contributed by atoms with Crippen LogP contribution in [0.4, 0.5) is 11.4 Å². The van der Waals surface area contributed by atoms with Gasteiger partial charge in [-0.05, 0) is 24.6 Å². The van der Waals surface area contributed by atoms with Gasteiger partial charge in [-0.2, -0.15) is 0 Å². The molecule has 0 unspecified atom stereocenters. The van der Waals surface area contributed by atoms with Crippen molar-refractivity contribution in [2.75, 3.05) is 11.1 Å². The molecule has 0 spiro atoms. The van der Waals surface area contributed by atoms with E-state index in [4.69, 9.17) is 10.8 Å². The van der Waals surface area contributed by atoms with Gasteiger partial charge >= 0.3 is 5.97 Å². The lowest BCUT2D eigenvalue weighted by Crippen LogP contribution is -2.06. The highest BCUT2D eigenvalue weighted by Crippen LogP contribution is 2.21. The molecule has 0 bridgehead atoms. The molecule has 1 heterocycles. The number of aryl methyl sites for hydroxylation is 1. The zero-order valence-corrected chi connectivity index (χ0v) is 11.3. The van der Waals surface area contributed by atoms with Crippen molar-refractivity contribution in [1.82, 2.24) is 4.98 Å². The Kier molecular flexibility index (Phi) is 4.01. The molecule has 5 nitrogen and oxygen atoms in total. The topological polar surface area (TPSA) is 88.2 Å². The van der Waals surface area contributed by atoms with E-state index in [1.165, 1.54) is 10.9 Å². The van der Waals surface area contributed by atoms with E-state index in [1.54, 1.807) is 23.5 Å². The van der Waals surface area contributed by atoms with Crippen molar-refractivity contribution in [1.29, 1.82) is 0 Å². The number of hydrogen-bond donors (Lipinski definition) is 3. The highest BCUT2D eigenvalue weighted by atomic mass is 32.1. The van der Waals surface area contributed by atoms with E-state index in [1.807, 2.05) is 6.20 Å². The average molecular weight is 277 g/mol. The molecule has 0 aliphatic heterocycles. The van der Waals surface area contributed by atoms with Crippen molar-refractivity contribution < 1.29 is 9.90 Å². The second-order valence-electron chi connectivity index (χ2n) is 4.04. The summed E-state index contributed by atoms with van der Waals surface area (Å²) >= 11 is 1.62. The van der Waals surface area contributed by atoms with E-state index >= 15 is 0 Å². The van der Waals surface area contributed by atoms with Crippen LogP contribution in [0.2, 0.25) is 0 Å². The predicted molar refractivity (Wildman–Crippen MR) is 76.6 cm³/mol. The molecule has 0 fully saturated rings. The van der Waals surface area contributed by atoms with Crippen molar-refractivity contribution in [2.45, 2.75) is 19.9 Å². The molecule has 0 amide bonds. The lowest BCUT2D eigenvalue weighted by atomic mass is 10.1. The van der Waals surface area contributed by atoms with Gasteiger partial charge < -0.3 is 16.2 Å². The predicted octanol–water partition coefficient (Wildman–Crippen LogP) is 2.60. The Labute approximate surface area is 115 Å². The van der Waals surface area contributed by atoms with Crippen LogP contribution in [0.25, 0.3) is 0 Å². The van der Waals surface area contributed by atoms with Gasteiger partial charge in [0, 0.05) is 16.8 Å². The second kappa shape index (κ2) is 5.71. The zero-order chi connectivity index (χ0) is 13.8. The molecule has 2 aromatic rings. The van der Waals surface area contributed by atoms with Gasteiger partial charge in [-0.15, -0.1) is 11.3 Å². The number of hydrogen-bond acceptors (Lipinski definition) is 5. The fourth-order valence-electron chi connectivity index (χ4n) is 1.66. The number of rotatable bonds is 5. The first-order valence-electron chi connectivity index (χ1n) is 5.90. The number of carboxylic acid groups (broad SMARTS) is 1. The minimum atomic E-state index is -0.976. The summed E-state index contributed by atoms with van der Waals surface area (Å²) in [6, 6.07) is 4.70. The van der Waals surface area contributed by atoms with Gasteiger partial charge in [0.1, 0.15) is 5.01 Å². The minimum absolute atomic E-state index is 0.210. The minimum Gasteiger partial charge on any atom is -0.478 e. The quantitative estimate of drug-likeness (QED) is 0.731. The summed E-state index contributed by atoms with van der Waals surface area (Å²) in [7, 11) is 0. The van der Waals surface area contributed by atoms with Crippen LogP contribution >= 0.6 is 11.3 Å². The SMILES string of the molecule is CCc1cnc(CNc2cc(N)ccc2C(=O)O)s1. The number of benzene rings is 1. The zero-order valence-electron chi connectivity index (χ0n) is 10.5. The maximum Gasteiger partial charge on any atom is 0.337 e. The Hall–Kier alpha value is -2.08. The van der Waals surface area contributed by atoms with Crippen LogP contribution in [0.5, 0.6) is 0 Å². The number of nitrogens with one attached hydrogen (secondary N) is 1. The van der Waals surface area contributed by atoms with Crippen LogP contribution < -0.4 is 11.1 Å². The Balaban J connectivity index is 2.14. The van der Waals surface area contributed by atoms with E-state index in [0.717, 1.165) is 11.4 Å². The largest absolute Gasteiger partial charge is 0.478 e. The van der Waals surface area contributed by atoms with Crippen LogP contribution in [0.3, 0.4) is 0 Å². The first-order chi connectivity index (χ1) is 9.10. The van der Waals surface area contributed by atoms with Gasteiger partial charge in [0.2, 0.25) is 0 Å². The highest BCUT2D eigenvalue weighted by molar-refractivity contribution is 7.11. The molecule has 0 atom stereocenters. The third-order valence-electron chi connectivity index (χ3n) is 2.65. The van der Waals surface area contributed by atoms with E-state index < -0.39 is 5.97 Å². The lowest BCUT2D eigenvalue weighted by molar-refractivity contribution is 0.0698. The van der Waals surface area contributed by atoms with Crippen LogP contribution in [0.15, 0.2) is 24.4 Å². The van der Waals surface area contributed by atoms with E-state index in [9.17, 15) is 4.79 Å². The third-order valence-corrected chi connectivity index (χ3v) is 3.80. The van der Waals surface area contributed by atoms with Crippen LogP contribution in [0.1, 0.15) is 27.2 Å². The molecule has 1 aromatic heterocycles. The first kappa shape index (κ1) is 13.4. The molecular formula is C13H15N3O2S.